The summed E-state index contributed by atoms with van der Waals surface area (Å²) < 4.78 is 32.8. The molecule has 2 aromatic carbocycles. The average Bonchev–Trinajstić information content (AvgIpc) is 2.84. The topological polar surface area (TPSA) is 29.5 Å². The zero-order valence-electron chi connectivity index (χ0n) is 20.2. The Morgan fingerprint density at radius 2 is 1.88 bits per heavy atom. The molecule has 0 bridgehead atoms. The standard InChI is InChI=1S/C29H33F2NO2/c1-5-8-27(26-10-7-6-9-20(26)2)22-13-15-32(16-14-22)29(33)21(3)17-25(34-4)19-23-18-24(30)11-12-28(23)31/h6-12,17-18,22H,3,5,13-16,19H2,1-2,4H3. The lowest BCUT2D eigenvalue weighted by molar-refractivity contribution is -0.127. The number of amides is 1. The van der Waals surface area contributed by atoms with Gasteiger partial charge in [-0.15, -0.1) is 0 Å². The van der Waals surface area contributed by atoms with Crippen LogP contribution in [0.2, 0.25) is 0 Å². The lowest BCUT2D eigenvalue weighted by Gasteiger charge is -2.34. The number of likely N-dealkylation sites (tertiary alicyclic amines) is 1. The molecule has 3 rings (SSSR count). The van der Waals surface area contributed by atoms with Gasteiger partial charge in [0.15, 0.2) is 0 Å². The molecule has 1 aliphatic rings. The van der Waals surface area contributed by atoms with Crippen molar-refractivity contribution in [1.29, 1.82) is 0 Å². The number of piperidine rings is 1. The summed E-state index contributed by atoms with van der Waals surface area (Å²) in [6.45, 7) is 9.49. The Labute approximate surface area is 201 Å². The summed E-state index contributed by atoms with van der Waals surface area (Å²) in [5.41, 5.74) is 4.36. The van der Waals surface area contributed by atoms with E-state index in [1.54, 1.807) is 0 Å². The molecule has 180 valence electrons. The Bertz CT molecular complexity index is 1100. The lowest BCUT2D eigenvalue weighted by atomic mass is 9.83. The van der Waals surface area contributed by atoms with Gasteiger partial charge in [-0.3, -0.25) is 4.79 Å². The number of nitrogens with zero attached hydrogens (tertiary/aromatic N) is 1. The zero-order valence-corrected chi connectivity index (χ0v) is 20.2. The van der Waals surface area contributed by atoms with Crippen LogP contribution < -0.4 is 0 Å². The maximum absolute atomic E-state index is 14.0. The van der Waals surface area contributed by atoms with Gasteiger partial charge in [0, 0.05) is 25.1 Å². The number of ether oxygens (including phenoxy) is 1. The molecular weight excluding hydrogens is 432 g/mol. The molecule has 1 amide bonds. The molecule has 2 aromatic rings. The van der Waals surface area contributed by atoms with Gasteiger partial charge in [-0.05, 0) is 78.6 Å². The van der Waals surface area contributed by atoms with Crippen molar-refractivity contribution in [1.82, 2.24) is 4.90 Å². The highest BCUT2D eigenvalue weighted by atomic mass is 19.1. The smallest absolute Gasteiger partial charge is 0.253 e. The maximum Gasteiger partial charge on any atom is 0.253 e. The van der Waals surface area contributed by atoms with Crippen molar-refractivity contribution in [2.75, 3.05) is 20.2 Å². The van der Waals surface area contributed by atoms with Gasteiger partial charge in [-0.2, -0.15) is 0 Å². The fraction of sp³-hybridized carbons (Fsp3) is 0.345. The number of hydrogen-bond donors (Lipinski definition) is 0. The molecule has 1 heterocycles. The Morgan fingerprint density at radius 1 is 1.18 bits per heavy atom. The van der Waals surface area contributed by atoms with E-state index in [0.29, 0.717) is 24.8 Å². The summed E-state index contributed by atoms with van der Waals surface area (Å²) >= 11 is 0. The van der Waals surface area contributed by atoms with E-state index in [9.17, 15) is 13.6 Å². The second kappa shape index (κ2) is 11.8. The monoisotopic (exact) mass is 465 g/mol. The first kappa shape index (κ1) is 25.4. The summed E-state index contributed by atoms with van der Waals surface area (Å²) in [6, 6.07) is 11.7. The molecule has 0 saturated carbocycles. The van der Waals surface area contributed by atoms with Crippen LogP contribution in [0.25, 0.3) is 5.57 Å². The summed E-state index contributed by atoms with van der Waals surface area (Å²) in [6.07, 6.45) is 6.60. The third-order valence-electron chi connectivity index (χ3n) is 6.35. The van der Waals surface area contributed by atoms with E-state index in [-0.39, 0.29) is 23.5 Å². The highest BCUT2D eigenvalue weighted by Gasteiger charge is 2.27. The van der Waals surface area contributed by atoms with Crippen LogP contribution in [0, 0.1) is 24.5 Å². The van der Waals surface area contributed by atoms with Crippen LogP contribution in [0.15, 0.2) is 72.5 Å². The van der Waals surface area contributed by atoms with Crippen LogP contribution in [0.1, 0.15) is 42.9 Å². The SMILES string of the molecule is C=C(C=C(Cc1cc(F)ccc1F)OC)C(=O)N1CCC(C(=CCC)c2ccccc2C)CC1. The quantitative estimate of drug-likeness (QED) is 0.249. The van der Waals surface area contributed by atoms with Crippen LogP contribution in [-0.2, 0) is 16.0 Å². The molecular formula is C29H33F2NO2. The first-order valence-electron chi connectivity index (χ1n) is 11.8. The van der Waals surface area contributed by atoms with E-state index in [0.717, 1.165) is 37.5 Å². The van der Waals surface area contributed by atoms with Crippen LogP contribution in [0.5, 0.6) is 0 Å². The zero-order chi connectivity index (χ0) is 24.7. The van der Waals surface area contributed by atoms with Gasteiger partial charge >= 0.3 is 0 Å². The van der Waals surface area contributed by atoms with E-state index in [1.165, 1.54) is 29.9 Å². The van der Waals surface area contributed by atoms with E-state index in [4.69, 9.17) is 4.74 Å². The van der Waals surface area contributed by atoms with Crippen LogP contribution in [0.4, 0.5) is 8.78 Å². The van der Waals surface area contributed by atoms with Crippen molar-refractivity contribution < 1.29 is 18.3 Å². The Morgan fingerprint density at radius 3 is 2.53 bits per heavy atom. The van der Waals surface area contributed by atoms with Crippen molar-refractivity contribution in [3.05, 3.63) is 101 Å². The molecule has 1 fully saturated rings. The molecule has 0 radical (unpaired) electrons. The fourth-order valence-corrected chi connectivity index (χ4v) is 4.51. The molecule has 0 unspecified atom stereocenters. The summed E-state index contributed by atoms with van der Waals surface area (Å²) in [5.74, 6) is -0.450. The molecule has 34 heavy (non-hydrogen) atoms. The van der Waals surface area contributed by atoms with Crippen LogP contribution in [0.3, 0.4) is 0 Å². The normalized spacial score (nSPS) is 15.4. The van der Waals surface area contributed by atoms with Gasteiger partial charge < -0.3 is 9.64 Å². The van der Waals surface area contributed by atoms with Gasteiger partial charge in [-0.1, -0.05) is 43.8 Å². The number of benzene rings is 2. The number of halogens is 2. The molecule has 0 spiro atoms. The minimum atomic E-state index is -0.521. The molecule has 3 nitrogen and oxygen atoms in total. The van der Waals surface area contributed by atoms with Crippen molar-refractivity contribution in [3.63, 3.8) is 0 Å². The van der Waals surface area contributed by atoms with Gasteiger partial charge in [-0.25, -0.2) is 8.78 Å². The Hall–Kier alpha value is -3.21. The van der Waals surface area contributed by atoms with Gasteiger partial charge in [0.05, 0.1) is 7.11 Å². The number of allylic oxidation sites excluding steroid dienone is 3. The van der Waals surface area contributed by atoms with Gasteiger partial charge in [0.25, 0.3) is 5.91 Å². The first-order valence-corrected chi connectivity index (χ1v) is 11.8. The number of carbonyl (C=O) groups is 1. The van der Waals surface area contributed by atoms with Gasteiger partial charge in [0.1, 0.15) is 17.4 Å². The number of hydrogen-bond acceptors (Lipinski definition) is 2. The first-order chi connectivity index (χ1) is 16.3. The van der Waals surface area contributed by atoms with E-state index in [1.807, 2.05) is 4.90 Å². The van der Waals surface area contributed by atoms with Gasteiger partial charge in [0.2, 0.25) is 0 Å². The summed E-state index contributed by atoms with van der Waals surface area (Å²) in [4.78, 5) is 14.8. The summed E-state index contributed by atoms with van der Waals surface area (Å²) in [5, 5.41) is 0. The van der Waals surface area contributed by atoms with E-state index < -0.39 is 11.6 Å². The molecule has 1 saturated heterocycles. The van der Waals surface area contributed by atoms with Crippen molar-refractivity contribution in [2.45, 2.75) is 39.5 Å². The molecule has 0 aromatic heterocycles. The third kappa shape index (κ3) is 6.22. The number of carbonyl (C=O) groups excluding carboxylic acids is 1. The predicted octanol–water partition coefficient (Wildman–Crippen LogP) is 6.63. The van der Waals surface area contributed by atoms with E-state index >= 15 is 0 Å². The molecule has 5 heteroatoms. The van der Waals surface area contributed by atoms with Crippen molar-refractivity contribution in [2.24, 2.45) is 5.92 Å². The molecule has 0 N–H and O–H groups in total. The largest absolute Gasteiger partial charge is 0.501 e. The number of rotatable bonds is 8. The van der Waals surface area contributed by atoms with Crippen LogP contribution in [-0.4, -0.2) is 31.0 Å². The maximum atomic E-state index is 14.0. The molecule has 0 atom stereocenters. The van der Waals surface area contributed by atoms with Crippen LogP contribution >= 0.6 is 0 Å². The second-order valence-electron chi connectivity index (χ2n) is 8.70. The fourth-order valence-electron chi connectivity index (χ4n) is 4.51. The summed E-state index contributed by atoms with van der Waals surface area (Å²) in [7, 11) is 1.44. The second-order valence-corrected chi connectivity index (χ2v) is 8.70. The number of aryl methyl sites for hydroxylation is 1. The highest BCUT2D eigenvalue weighted by molar-refractivity contribution is 5.95. The van der Waals surface area contributed by atoms with Crippen molar-refractivity contribution >= 4 is 11.5 Å². The molecule has 0 aliphatic carbocycles. The third-order valence-corrected chi connectivity index (χ3v) is 6.35. The Balaban J connectivity index is 1.66. The highest BCUT2D eigenvalue weighted by Crippen LogP contribution is 2.34. The van der Waals surface area contributed by atoms with E-state index in [2.05, 4.69) is 50.8 Å². The number of methoxy groups -OCH3 is 1. The molecule has 1 aliphatic heterocycles. The van der Waals surface area contributed by atoms with Crippen molar-refractivity contribution in [3.8, 4) is 0 Å². The Kier molecular flexibility index (Phi) is 8.80. The average molecular weight is 466 g/mol. The minimum absolute atomic E-state index is 0.0378. The minimum Gasteiger partial charge on any atom is -0.501 e. The predicted molar refractivity (Wildman–Crippen MR) is 133 cm³/mol. The lowest BCUT2D eigenvalue weighted by Crippen LogP contribution is -2.39.